The van der Waals surface area contributed by atoms with Crippen molar-refractivity contribution < 1.29 is 9.84 Å². The maximum absolute atomic E-state index is 9.19. The molecule has 5 heteroatoms. The molecule has 4 nitrogen and oxygen atoms in total. The van der Waals surface area contributed by atoms with Gasteiger partial charge in [-0.15, -0.1) is 11.3 Å². The lowest BCUT2D eigenvalue weighted by Gasteiger charge is -2.23. The van der Waals surface area contributed by atoms with E-state index in [0.29, 0.717) is 0 Å². The number of hydrogen-bond acceptors (Lipinski definition) is 5. The molecule has 1 aromatic heterocycles. The summed E-state index contributed by atoms with van der Waals surface area (Å²) in [5, 5.41) is 11.8. The lowest BCUT2D eigenvalue weighted by molar-refractivity contribution is 0.106. The molecule has 1 N–H and O–H groups in total. The van der Waals surface area contributed by atoms with Gasteiger partial charge in [0.25, 0.3) is 0 Å². The summed E-state index contributed by atoms with van der Waals surface area (Å²) in [5.74, 6) is 0.121. The first-order valence-corrected chi connectivity index (χ1v) is 5.89. The molecular weight excluding hydrogens is 212 g/mol. The molecule has 1 aliphatic heterocycles. The molecule has 2 heterocycles. The molecule has 84 valence electrons. The monoisotopic (exact) mass is 228 g/mol. The third kappa shape index (κ3) is 2.23. The first kappa shape index (κ1) is 10.7. The molecular formula is C10H16N2O2S. The number of ether oxygens (including phenoxy) is 1. The predicted molar refractivity (Wildman–Crippen MR) is 60.6 cm³/mol. The minimum atomic E-state index is 0.121. The largest absolute Gasteiger partial charge is 0.493 e. The molecule has 0 saturated carbocycles. The Bertz CT molecular complexity index is 342. The van der Waals surface area contributed by atoms with E-state index in [4.69, 9.17) is 4.74 Å². The van der Waals surface area contributed by atoms with E-state index in [-0.39, 0.29) is 11.3 Å². The Morgan fingerprint density at radius 2 is 2.53 bits per heavy atom. The van der Waals surface area contributed by atoms with Crippen LogP contribution in [0.2, 0.25) is 0 Å². The number of aromatic hydroxyl groups is 1. The average Bonchev–Trinajstić information content (AvgIpc) is 2.73. The van der Waals surface area contributed by atoms with Crippen molar-refractivity contribution in [1.82, 2.24) is 4.98 Å². The van der Waals surface area contributed by atoms with E-state index in [0.717, 1.165) is 31.2 Å². The SMILES string of the molecule is COCC1(C)CCN(c2nc(O)cs2)C1. The fourth-order valence-electron chi connectivity index (χ4n) is 2.05. The van der Waals surface area contributed by atoms with Crippen LogP contribution in [-0.2, 0) is 4.74 Å². The Hall–Kier alpha value is -0.810. The minimum Gasteiger partial charge on any atom is -0.493 e. The predicted octanol–water partition coefficient (Wildman–Crippen LogP) is 1.71. The smallest absolute Gasteiger partial charge is 0.223 e. The zero-order valence-corrected chi connectivity index (χ0v) is 9.88. The number of methoxy groups -OCH3 is 1. The molecule has 1 aliphatic rings. The van der Waals surface area contributed by atoms with E-state index in [1.165, 1.54) is 11.3 Å². The topological polar surface area (TPSA) is 45.6 Å². The van der Waals surface area contributed by atoms with Gasteiger partial charge < -0.3 is 14.7 Å². The first-order chi connectivity index (χ1) is 7.13. The molecule has 1 aromatic rings. The standard InChI is InChI=1S/C10H16N2O2S/c1-10(7-14-2)3-4-12(6-10)9-11-8(13)5-15-9/h5,13H,3-4,6-7H2,1-2H3. The van der Waals surface area contributed by atoms with Gasteiger partial charge in [0.05, 0.1) is 12.0 Å². The fourth-order valence-corrected chi connectivity index (χ4v) is 2.77. The Morgan fingerprint density at radius 1 is 1.73 bits per heavy atom. The summed E-state index contributed by atoms with van der Waals surface area (Å²) >= 11 is 1.49. The van der Waals surface area contributed by atoms with Crippen LogP contribution in [0.4, 0.5) is 5.13 Å². The third-order valence-corrected chi connectivity index (χ3v) is 3.69. The van der Waals surface area contributed by atoms with E-state index < -0.39 is 0 Å². The average molecular weight is 228 g/mol. The van der Waals surface area contributed by atoms with Crippen LogP contribution < -0.4 is 4.90 Å². The molecule has 1 fully saturated rings. The van der Waals surface area contributed by atoms with Crippen LogP contribution >= 0.6 is 11.3 Å². The van der Waals surface area contributed by atoms with Crippen LogP contribution in [0.1, 0.15) is 13.3 Å². The molecule has 0 aliphatic carbocycles. The first-order valence-electron chi connectivity index (χ1n) is 5.01. The number of anilines is 1. The van der Waals surface area contributed by atoms with Crippen molar-refractivity contribution in [3.63, 3.8) is 0 Å². The van der Waals surface area contributed by atoms with Crippen molar-refractivity contribution in [2.45, 2.75) is 13.3 Å². The van der Waals surface area contributed by atoms with Gasteiger partial charge in [0.2, 0.25) is 5.88 Å². The van der Waals surface area contributed by atoms with E-state index >= 15 is 0 Å². The molecule has 0 spiro atoms. The van der Waals surface area contributed by atoms with Crippen molar-refractivity contribution in [1.29, 1.82) is 0 Å². The van der Waals surface area contributed by atoms with Crippen LogP contribution in [0.15, 0.2) is 5.38 Å². The second-order valence-corrected chi connectivity index (χ2v) is 5.24. The number of hydrogen-bond donors (Lipinski definition) is 1. The van der Waals surface area contributed by atoms with Crippen LogP contribution in [0.5, 0.6) is 5.88 Å². The maximum Gasteiger partial charge on any atom is 0.223 e. The number of rotatable bonds is 3. The fraction of sp³-hybridized carbons (Fsp3) is 0.700. The van der Waals surface area contributed by atoms with Gasteiger partial charge in [-0.05, 0) is 6.42 Å². The quantitative estimate of drug-likeness (QED) is 0.855. The van der Waals surface area contributed by atoms with Gasteiger partial charge in [0.15, 0.2) is 5.13 Å². The van der Waals surface area contributed by atoms with Crippen molar-refractivity contribution in [2.24, 2.45) is 5.41 Å². The molecule has 0 radical (unpaired) electrons. The van der Waals surface area contributed by atoms with Gasteiger partial charge in [-0.25, -0.2) is 0 Å². The summed E-state index contributed by atoms with van der Waals surface area (Å²) in [6.45, 7) is 4.95. The van der Waals surface area contributed by atoms with Crippen molar-refractivity contribution in [3.8, 4) is 5.88 Å². The highest BCUT2D eigenvalue weighted by Crippen LogP contribution is 2.35. The summed E-state index contributed by atoms with van der Waals surface area (Å²) < 4.78 is 5.23. The highest BCUT2D eigenvalue weighted by Gasteiger charge is 2.34. The Balaban J connectivity index is 2.03. The van der Waals surface area contributed by atoms with Crippen molar-refractivity contribution in [2.75, 3.05) is 31.7 Å². The number of aromatic nitrogens is 1. The molecule has 0 aromatic carbocycles. The Kier molecular flexibility index (Phi) is 2.84. The summed E-state index contributed by atoms with van der Waals surface area (Å²) in [4.78, 5) is 6.29. The highest BCUT2D eigenvalue weighted by atomic mass is 32.1. The highest BCUT2D eigenvalue weighted by molar-refractivity contribution is 7.13. The van der Waals surface area contributed by atoms with Crippen molar-refractivity contribution in [3.05, 3.63) is 5.38 Å². The van der Waals surface area contributed by atoms with E-state index in [9.17, 15) is 5.11 Å². The van der Waals surface area contributed by atoms with E-state index in [1.54, 1.807) is 12.5 Å². The van der Waals surface area contributed by atoms with Gasteiger partial charge in [0.1, 0.15) is 0 Å². The maximum atomic E-state index is 9.19. The van der Waals surface area contributed by atoms with Crippen LogP contribution in [0.25, 0.3) is 0 Å². The van der Waals surface area contributed by atoms with Crippen LogP contribution in [0, 0.1) is 5.41 Å². The normalized spacial score (nSPS) is 26.1. The zero-order valence-electron chi connectivity index (χ0n) is 9.06. The van der Waals surface area contributed by atoms with Gasteiger partial charge in [0, 0.05) is 25.6 Å². The summed E-state index contributed by atoms with van der Waals surface area (Å²) in [5.41, 5.74) is 0.218. The molecule has 2 rings (SSSR count). The molecule has 0 amide bonds. The lowest BCUT2D eigenvalue weighted by atomic mass is 9.91. The van der Waals surface area contributed by atoms with Gasteiger partial charge in [-0.1, -0.05) is 6.92 Å². The summed E-state index contributed by atoms with van der Waals surface area (Å²) in [6, 6.07) is 0. The van der Waals surface area contributed by atoms with E-state index in [2.05, 4.69) is 16.8 Å². The van der Waals surface area contributed by atoms with Crippen LogP contribution in [-0.4, -0.2) is 36.9 Å². The molecule has 1 unspecified atom stereocenters. The minimum absolute atomic E-state index is 0.121. The molecule has 0 bridgehead atoms. The number of nitrogens with zero attached hydrogens (tertiary/aromatic N) is 2. The van der Waals surface area contributed by atoms with Gasteiger partial charge >= 0.3 is 0 Å². The Morgan fingerprint density at radius 3 is 3.13 bits per heavy atom. The summed E-state index contributed by atoms with van der Waals surface area (Å²) in [7, 11) is 1.74. The van der Waals surface area contributed by atoms with Crippen molar-refractivity contribution >= 4 is 16.5 Å². The lowest BCUT2D eigenvalue weighted by Crippen LogP contribution is -2.28. The van der Waals surface area contributed by atoms with Gasteiger partial charge in [-0.3, -0.25) is 0 Å². The van der Waals surface area contributed by atoms with Gasteiger partial charge in [-0.2, -0.15) is 4.98 Å². The molecule has 15 heavy (non-hydrogen) atoms. The number of thiazole rings is 1. The zero-order chi connectivity index (χ0) is 10.9. The second-order valence-electron chi connectivity index (χ2n) is 4.40. The molecule has 1 saturated heterocycles. The Labute approximate surface area is 93.5 Å². The second kappa shape index (κ2) is 3.98. The third-order valence-electron chi connectivity index (χ3n) is 2.80. The molecule has 1 atom stereocenters. The summed E-state index contributed by atoms with van der Waals surface area (Å²) in [6.07, 6.45) is 1.11. The van der Waals surface area contributed by atoms with Crippen LogP contribution in [0.3, 0.4) is 0 Å². The van der Waals surface area contributed by atoms with E-state index in [1.807, 2.05) is 0 Å².